The fourth-order valence-electron chi connectivity index (χ4n) is 2.74. The van der Waals surface area contributed by atoms with E-state index in [-0.39, 0.29) is 23.9 Å². The van der Waals surface area contributed by atoms with Crippen LogP contribution in [0.25, 0.3) is 0 Å². The molecule has 1 heterocycles. The highest BCUT2D eigenvalue weighted by Crippen LogP contribution is 2.20. The summed E-state index contributed by atoms with van der Waals surface area (Å²) in [5, 5.41) is 5.88. The van der Waals surface area contributed by atoms with Gasteiger partial charge in [0, 0.05) is 30.9 Å². The molecule has 0 aliphatic carbocycles. The molecule has 0 aromatic heterocycles. The van der Waals surface area contributed by atoms with E-state index in [1.807, 2.05) is 32.0 Å². The van der Waals surface area contributed by atoms with Gasteiger partial charge in [-0.05, 0) is 38.3 Å². The Morgan fingerprint density at radius 2 is 2.21 bits per heavy atom. The molecule has 1 saturated heterocycles. The predicted octanol–water partition coefficient (Wildman–Crippen LogP) is 2.85. The van der Waals surface area contributed by atoms with Crippen LogP contribution < -0.4 is 15.4 Å². The highest BCUT2D eigenvalue weighted by Gasteiger charge is 2.28. The molecule has 6 nitrogen and oxygen atoms in total. The Bertz CT molecular complexity index is 576. The van der Waals surface area contributed by atoms with Crippen LogP contribution in [0.1, 0.15) is 33.1 Å². The Balaban J connectivity index is 1.93. The Labute approximate surface area is 143 Å². The van der Waals surface area contributed by atoms with E-state index in [2.05, 4.69) is 10.6 Å². The molecule has 1 aliphatic heterocycles. The number of anilines is 1. The number of methoxy groups -OCH3 is 1. The molecule has 24 heavy (non-hydrogen) atoms. The van der Waals surface area contributed by atoms with Crippen molar-refractivity contribution in [2.24, 2.45) is 5.92 Å². The second-order valence-electron chi connectivity index (χ2n) is 6.27. The van der Waals surface area contributed by atoms with Crippen LogP contribution in [-0.4, -0.2) is 43.1 Å². The zero-order chi connectivity index (χ0) is 17.5. The van der Waals surface area contributed by atoms with Crippen molar-refractivity contribution in [3.8, 4) is 5.75 Å². The molecule has 0 radical (unpaired) electrons. The van der Waals surface area contributed by atoms with E-state index < -0.39 is 0 Å². The van der Waals surface area contributed by atoms with Crippen LogP contribution in [-0.2, 0) is 4.79 Å². The first-order valence-electron chi connectivity index (χ1n) is 8.53. The second-order valence-corrected chi connectivity index (χ2v) is 6.27. The highest BCUT2D eigenvalue weighted by atomic mass is 16.5. The van der Waals surface area contributed by atoms with Gasteiger partial charge < -0.3 is 20.3 Å². The number of benzene rings is 1. The van der Waals surface area contributed by atoms with E-state index >= 15 is 0 Å². The molecule has 2 rings (SSSR count). The van der Waals surface area contributed by atoms with Gasteiger partial charge in [-0.25, -0.2) is 4.79 Å². The van der Waals surface area contributed by atoms with Gasteiger partial charge in [0.1, 0.15) is 5.75 Å². The van der Waals surface area contributed by atoms with Crippen molar-refractivity contribution in [1.29, 1.82) is 0 Å². The SMILES string of the molecule is CC[C@@H](C)NC(=O)[C@H]1CCCN(C(=O)Nc2cccc(OC)c2)C1. The van der Waals surface area contributed by atoms with E-state index in [1.165, 1.54) is 0 Å². The molecule has 3 amide bonds. The molecule has 2 atom stereocenters. The molecule has 132 valence electrons. The normalized spacial score (nSPS) is 18.6. The summed E-state index contributed by atoms with van der Waals surface area (Å²) in [7, 11) is 1.59. The maximum atomic E-state index is 12.5. The number of ether oxygens (including phenoxy) is 1. The van der Waals surface area contributed by atoms with E-state index in [0.29, 0.717) is 24.5 Å². The summed E-state index contributed by atoms with van der Waals surface area (Å²) < 4.78 is 5.16. The van der Waals surface area contributed by atoms with Gasteiger partial charge in [0.2, 0.25) is 5.91 Å². The third-order valence-electron chi connectivity index (χ3n) is 4.40. The quantitative estimate of drug-likeness (QED) is 0.870. The van der Waals surface area contributed by atoms with Gasteiger partial charge in [0.05, 0.1) is 13.0 Å². The molecule has 1 aromatic rings. The monoisotopic (exact) mass is 333 g/mol. The number of likely N-dealkylation sites (tertiary alicyclic amines) is 1. The average Bonchev–Trinajstić information content (AvgIpc) is 2.61. The van der Waals surface area contributed by atoms with E-state index in [4.69, 9.17) is 4.74 Å². The van der Waals surface area contributed by atoms with Crippen LogP contribution in [0.2, 0.25) is 0 Å². The van der Waals surface area contributed by atoms with Crippen molar-refractivity contribution in [1.82, 2.24) is 10.2 Å². The van der Waals surface area contributed by atoms with Crippen LogP contribution in [0.5, 0.6) is 5.75 Å². The van der Waals surface area contributed by atoms with Crippen molar-refractivity contribution >= 4 is 17.6 Å². The molecule has 1 aromatic carbocycles. The molecular formula is C18H27N3O3. The van der Waals surface area contributed by atoms with Crippen molar-refractivity contribution in [2.75, 3.05) is 25.5 Å². The first-order chi connectivity index (χ1) is 11.5. The number of rotatable bonds is 5. The summed E-state index contributed by atoms with van der Waals surface area (Å²) >= 11 is 0. The smallest absolute Gasteiger partial charge is 0.321 e. The van der Waals surface area contributed by atoms with Crippen LogP contribution in [0.15, 0.2) is 24.3 Å². The zero-order valence-corrected chi connectivity index (χ0v) is 14.7. The van der Waals surface area contributed by atoms with E-state index in [9.17, 15) is 9.59 Å². The molecule has 1 fully saturated rings. The van der Waals surface area contributed by atoms with Crippen LogP contribution in [0.3, 0.4) is 0 Å². The van der Waals surface area contributed by atoms with Gasteiger partial charge in [-0.3, -0.25) is 4.79 Å². The van der Waals surface area contributed by atoms with Crippen LogP contribution >= 0.6 is 0 Å². The van der Waals surface area contributed by atoms with Gasteiger partial charge in [-0.1, -0.05) is 13.0 Å². The highest BCUT2D eigenvalue weighted by molar-refractivity contribution is 5.90. The first kappa shape index (κ1) is 18.1. The number of hydrogen-bond acceptors (Lipinski definition) is 3. The third kappa shape index (κ3) is 4.88. The molecule has 1 aliphatic rings. The molecule has 6 heteroatoms. The summed E-state index contributed by atoms with van der Waals surface area (Å²) in [5.74, 6) is 0.601. The maximum absolute atomic E-state index is 12.5. The lowest BCUT2D eigenvalue weighted by Crippen LogP contribution is -2.48. The van der Waals surface area contributed by atoms with Crippen molar-refractivity contribution in [2.45, 2.75) is 39.2 Å². The summed E-state index contributed by atoms with van der Waals surface area (Å²) in [5.41, 5.74) is 0.686. The van der Waals surface area contributed by atoms with Crippen molar-refractivity contribution < 1.29 is 14.3 Å². The predicted molar refractivity (Wildman–Crippen MR) is 94.2 cm³/mol. The minimum atomic E-state index is -0.177. The zero-order valence-electron chi connectivity index (χ0n) is 14.7. The Hall–Kier alpha value is -2.24. The maximum Gasteiger partial charge on any atom is 0.321 e. The number of urea groups is 1. The number of hydrogen-bond donors (Lipinski definition) is 2. The number of piperidine rings is 1. The number of carbonyl (C=O) groups is 2. The standard InChI is InChI=1S/C18H27N3O3/c1-4-13(2)19-17(22)14-7-6-10-21(12-14)18(23)20-15-8-5-9-16(11-15)24-3/h5,8-9,11,13-14H,4,6-7,10,12H2,1-3H3,(H,19,22)(H,20,23)/t13-,14+/m1/s1. The minimum Gasteiger partial charge on any atom is -0.497 e. The van der Waals surface area contributed by atoms with Gasteiger partial charge in [0.15, 0.2) is 0 Å². The lowest BCUT2D eigenvalue weighted by Gasteiger charge is -2.32. The summed E-state index contributed by atoms with van der Waals surface area (Å²) in [6.45, 7) is 5.16. The van der Waals surface area contributed by atoms with Crippen molar-refractivity contribution in [3.05, 3.63) is 24.3 Å². The number of amides is 3. The van der Waals surface area contributed by atoms with E-state index in [0.717, 1.165) is 19.3 Å². The summed E-state index contributed by atoms with van der Waals surface area (Å²) in [6.07, 6.45) is 2.56. The van der Waals surface area contributed by atoms with Gasteiger partial charge in [0.25, 0.3) is 0 Å². The van der Waals surface area contributed by atoms with Gasteiger partial charge >= 0.3 is 6.03 Å². The van der Waals surface area contributed by atoms with Crippen LogP contribution in [0, 0.1) is 5.92 Å². The molecule has 0 saturated carbocycles. The molecular weight excluding hydrogens is 306 g/mol. The lowest BCUT2D eigenvalue weighted by atomic mass is 9.97. The largest absolute Gasteiger partial charge is 0.497 e. The van der Waals surface area contributed by atoms with Gasteiger partial charge in [-0.15, -0.1) is 0 Å². The third-order valence-corrected chi connectivity index (χ3v) is 4.40. The number of carbonyl (C=O) groups excluding carboxylic acids is 2. The molecule has 2 N–H and O–H groups in total. The fourth-order valence-corrected chi connectivity index (χ4v) is 2.74. The first-order valence-corrected chi connectivity index (χ1v) is 8.53. The second kappa shape index (κ2) is 8.57. The van der Waals surface area contributed by atoms with Crippen molar-refractivity contribution in [3.63, 3.8) is 0 Å². The topological polar surface area (TPSA) is 70.7 Å². The molecule has 0 bridgehead atoms. The summed E-state index contributed by atoms with van der Waals surface area (Å²) in [4.78, 5) is 26.5. The Morgan fingerprint density at radius 1 is 1.42 bits per heavy atom. The Morgan fingerprint density at radius 3 is 2.92 bits per heavy atom. The number of nitrogens with one attached hydrogen (secondary N) is 2. The number of nitrogens with zero attached hydrogens (tertiary/aromatic N) is 1. The minimum absolute atomic E-state index is 0.0447. The molecule has 0 unspecified atom stereocenters. The van der Waals surface area contributed by atoms with Crippen LogP contribution in [0.4, 0.5) is 10.5 Å². The molecule has 0 spiro atoms. The average molecular weight is 333 g/mol. The van der Waals surface area contributed by atoms with Gasteiger partial charge in [-0.2, -0.15) is 0 Å². The fraction of sp³-hybridized carbons (Fsp3) is 0.556. The Kier molecular flexibility index (Phi) is 6.46. The van der Waals surface area contributed by atoms with E-state index in [1.54, 1.807) is 18.1 Å². The summed E-state index contributed by atoms with van der Waals surface area (Å²) in [6, 6.07) is 7.23. The lowest BCUT2D eigenvalue weighted by molar-refractivity contribution is -0.126.